The Morgan fingerprint density at radius 3 is 2.61 bits per heavy atom. The fourth-order valence-corrected chi connectivity index (χ4v) is 4.36. The Kier molecular flexibility index (Phi) is 5.21. The van der Waals surface area contributed by atoms with Crippen LogP contribution >= 0.6 is 11.3 Å². The van der Waals surface area contributed by atoms with Gasteiger partial charge >= 0.3 is 0 Å². The van der Waals surface area contributed by atoms with Gasteiger partial charge in [-0.2, -0.15) is 4.68 Å². The summed E-state index contributed by atoms with van der Waals surface area (Å²) >= 11 is 1.47. The number of amides is 1. The number of carbonyl (C=O) groups is 1. The largest absolute Gasteiger partial charge is 0.494 e. The molecular formula is C21H21N7O2S. The lowest BCUT2D eigenvalue weighted by Crippen LogP contribution is -2.49. The number of thiophene rings is 1. The zero-order valence-corrected chi connectivity index (χ0v) is 17.8. The van der Waals surface area contributed by atoms with Crippen LogP contribution in [0.15, 0.2) is 48.1 Å². The molecule has 10 heteroatoms. The third kappa shape index (κ3) is 3.70. The Morgan fingerprint density at radius 2 is 1.90 bits per heavy atom. The minimum Gasteiger partial charge on any atom is -0.494 e. The molecule has 0 unspecified atom stereocenters. The first-order chi connectivity index (χ1) is 15.2. The molecule has 4 heterocycles. The molecule has 1 amide bonds. The predicted octanol–water partition coefficient (Wildman–Crippen LogP) is 2.63. The van der Waals surface area contributed by atoms with E-state index < -0.39 is 0 Å². The van der Waals surface area contributed by atoms with Crippen LogP contribution in [0.5, 0.6) is 5.75 Å². The standard InChI is InChI=1S/C21H21N7O2S/c1-2-30-16-7-5-15(6-8-16)28-20-18(24-25-28)19(22-14-23-20)26-9-11-27(12-10-26)21(29)17-4-3-13-31-17/h3-8,13-14H,2,9-12H2,1H3. The van der Waals surface area contributed by atoms with Crippen molar-refractivity contribution in [2.24, 2.45) is 0 Å². The van der Waals surface area contributed by atoms with E-state index in [0.717, 1.165) is 22.1 Å². The van der Waals surface area contributed by atoms with E-state index in [9.17, 15) is 4.79 Å². The molecule has 1 aliphatic heterocycles. The van der Waals surface area contributed by atoms with Crippen molar-refractivity contribution in [1.29, 1.82) is 0 Å². The van der Waals surface area contributed by atoms with E-state index in [1.165, 1.54) is 17.7 Å². The van der Waals surface area contributed by atoms with Crippen LogP contribution in [-0.4, -0.2) is 68.6 Å². The molecule has 0 N–H and O–H groups in total. The van der Waals surface area contributed by atoms with Crippen LogP contribution in [0.3, 0.4) is 0 Å². The number of nitrogens with zero attached hydrogens (tertiary/aromatic N) is 7. The molecule has 1 fully saturated rings. The number of ether oxygens (including phenoxy) is 1. The maximum atomic E-state index is 12.6. The normalized spacial score (nSPS) is 14.2. The van der Waals surface area contributed by atoms with Gasteiger partial charge in [-0.05, 0) is 42.6 Å². The zero-order valence-electron chi connectivity index (χ0n) is 17.0. The van der Waals surface area contributed by atoms with E-state index in [-0.39, 0.29) is 5.91 Å². The number of rotatable bonds is 5. The lowest BCUT2D eigenvalue weighted by molar-refractivity contribution is 0.0751. The van der Waals surface area contributed by atoms with E-state index in [2.05, 4.69) is 25.2 Å². The van der Waals surface area contributed by atoms with E-state index in [0.29, 0.717) is 43.9 Å². The average molecular weight is 436 g/mol. The molecular weight excluding hydrogens is 414 g/mol. The summed E-state index contributed by atoms with van der Waals surface area (Å²) in [5.41, 5.74) is 2.14. The van der Waals surface area contributed by atoms with Crippen LogP contribution in [-0.2, 0) is 0 Å². The number of piperazine rings is 1. The molecule has 0 atom stereocenters. The maximum absolute atomic E-state index is 12.6. The van der Waals surface area contributed by atoms with Gasteiger partial charge in [0.25, 0.3) is 5.91 Å². The number of carbonyl (C=O) groups excluding carboxylic acids is 1. The van der Waals surface area contributed by atoms with Crippen molar-refractivity contribution in [3.05, 3.63) is 53.0 Å². The van der Waals surface area contributed by atoms with Gasteiger partial charge in [0.05, 0.1) is 17.2 Å². The van der Waals surface area contributed by atoms with Crippen molar-refractivity contribution < 1.29 is 9.53 Å². The molecule has 0 bridgehead atoms. The predicted molar refractivity (Wildman–Crippen MR) is 118 cm³/mol. The summed E-state index contributed by atoms with van der Waals surface area (Å²) < 4.78 is 7.21. The maximum Gasteiger partial charge on any atom is 0.264 e. The van der Waals surface area contributed by atoms with Gasteiger partial charge in [-0.1, -0.05) is 11.3 Å². The van der Waals surface area contributed by atoms with E-state index in [1.807, 2.05) is 53.6 Å². The lowest BCUT2D eigenvalue weighted by atomic mass is 10.2. The molecule has 158 valence electrons. The van der Waals surface area contributed by atoms with Gasteiger partial charge in [-0.15, -0.1) is 16.4 Å². The Labute approximate surface area is 182 Å². The molecule has 31 heavy (non-hydrogen) atoms. The monoisotopic (exact) mass is 435 g/mol. The van der Waals surface area contributed by atoms with Crippen molar-refractivity contribution >= 4 is 34.2 Å². The van der Waals surface area contributed by atoms with Gasteiger partial charge < -0.3 is 14.5 Å². The van der Waals surface area contributed by atoms with Crippen LogP contribution in [0.1, 0.15) is 16.6 Å². The highest BCUT2D eigenvalue weighted by Crippen LogP contribution is 2.25. The summed E-state index contributed by atoms with van der Waals surface area (Å²) in [5, 5.41) is 10.6. The molecule has 1 saturated heterocycles. The van der Waals surface area contributed by atoms with Crippen molar-refractivity contribution in [1.82, 2.24) is 29.9 Å². The smallest absolute Gasteiger partial charge is 0.264 e. The fourth-order valence-electron chi connectivity index (χ4n) is 3.67. The van der Waals surface area contributed by atoms with Gasteiger partial charge in [0.2, 0.25) is 0 Å². The third-order valence-corrected chi connectivity index (χ3v) is 6.07. The molecule has 1 aliphatic rings. The number of aromatic nitrogens is 5. The zero-order chi connectivity index (χ0) is 21.2. The first kappa shape index (κ1) is 19.4. The number of benzene rings is 1. The van der Waals surface area contributed by atoms with Crippen molar-refractivity contribution in [3.8, 4) is 11.4 Å². The van der Waals surface area contributed by atoms with Crippen LogP contribution < -0.4 is 9.64 Å². The topological polar surface area (TPSA) is 89.3 Å². The second-order valence-corrected chi connectivity index (χ2v) is 8.00. The fraction of sp³-hybridized carbons (Fsp3) is 0.286. The molecule has 0 aliphatic carbocycles. The third-order valence-electron chi connectivity index (χ3n) is 5.21. The highest BCUT2D eigenvalue weighted by Gasteiger charge is 2.25. The summed E-state index contributed by atoms with van der Waals surface area (Å²) in [6.45, 7) is 5.20. The molecule has 4 aromatic rings. The summed E-state index contributed by atoms with van der Waals surface area (Å²) in [7, 11) is 0. The molecule has 0 radical (unpaired) electrons. The Balaban J connectivity index is 1.36. The van der Waals surface area contributed by atoms with Crippen LogP contribution in [0.2, 0.25) is 0 Å². The Hall–Kier alpha value is -3.53. The van der Waals surface area contributed by atoms with Gasteiger partial charge in [-0.25, -0.2) is 9.97 Å². The quantitative estimate of drug-likeness (QED) is 0.476. The SMILES string of the molecule is CCOc1ccc(-n2nnc3c(N4CCN(C(=O)c5cccs5)CC4)ncnc32)cc1. The minimum atomic E-state index is 0.0870. The summed E-state index contributed by atoms with van der Waals surface area (Å²) in [6.07, 6.45) is 1.54. The molecule has 0 spiro atoms. The second kappa shape index (κ2) is 8.31. The van der Waals surface area contributed by atoms with E-state index >= 15 is 0 Å². The van der Waals surface area contributed by atoms with Crippen molar-refractivity contribution in [3.63, 3.8) is 0 Å². The summed E-state index contributed by atoms with van der Waals surface area (Å²) in [4.78, 5) is 26.3. The minimum absolute atomic E-state index is 0.0870. The molecule has 5 rings (SSSR count). The number of hydrogen-bond donors (Lipinski definition) is 0. The van der Waals surface area contributed by atoms with Crippen molar-refractivity contribution in [2.75, 3.05) is 37.7 Å². The van der Waals surface area contributed by atoms with Gasteiger partial charge in [0, 0.05) is 26.2 Å². The van der Waals surface area contributed by atoms with E-state index in [4.69, 9.17) is 4.74 Å². The molecule has 9 nitrogen and oxygen atoms in total. The lowest BCUT2D eigenvalue weighted by Gasteiger charge is -2.35. The van der Waals surface area contributed by atoms with Crippen LogP contribution in [0.25, 0.3) is 16.9 Å². The number of hydrogen-bond acceptors (Lipinski definition) is 8. The van der Waals surface area contributed by atoms with Gasteiger partial charge in [0.1, 0.15) is 12.1 Å². The summed E-state index contributed by atoms with van der Waals surface area (Å²) in [6, 6.07) is 11.4. The molecule has 0 saturated carbocycles. The average Bonchev–Trinajstić information content (AvgIpc) is 3.50. The molecule has 3 aromatic heterocycles. The first-order valence-corrected chi connectivity index (χ1v) is 11.0. The number of fused-ring (bicyclic) bond motifs is 1. The van der Waals surface area contributed by atoms with Gasteiger partial charge in [-0.3, -0.25) is 4.79 Å². The molecule has 1 aromatic carbocycles. The highest BCUT2D eigenvalue weighted by molar-refractivity contribution is 7.12. The number of anilines is 1. The summed E-state index contributed by atoms with van der Waals surface area (Å²) in [5.74, 6) is 1.63. The van der Waals surface area contributed by atoms with Crippen LogP contribution in [0.4, 0.5) is 5.82 Å². The van der Waals surface area contributed by atoms with Crippen molar-refractivity contribution in [2.45, 2.75) is 6.92 Å². The first-order valence-electron chi connectivity index (χ1n) is 10.1. The van der Waals surface area contributed by atoms with E-state index in [1.54, 1.807) is 4.68 Å². The van der Waals surface area contributed by atoms with Crippen LogP contribution in [0, 0.1) is 0 Å². The Morgan fingerprint density at radius 1 is 1.10 bits per heavy atom. The highest BCUT2D eigenvalue weighted by atomic mass is 32.1. The van der Waals surface area contributed by atoms with Gasteiger partial charge in [0.15, 0.2) is 17.0 Å². The second-order valence-electron chi connectivity index (χ2n) is 7.05. The Bertz CT molecular complexity index is 1180.